The Kier molecular flexibility index (Phi) is 3.93. The highest BCUT2D eigenvalue weighted by Gasteiger charge is 2.21. The zero-order chi connectivity index (χ0) is 9.68. The van der Waals surface area contributed by atoms with Crippen molar-refractivity contribution in [3.8, 4) is 0 Å². The van der Waals surface area contributed by atoms with Crippen LogP contribution in [0, 0.1) is 5.92 Å². The van der Waals surface area contributed by atoms with Crippen molar-refractivity contribution in [3.63, 3.8) is 0 Å². The molecule has 74 valence electrons. The number of aliphatic carboxylic acids is 1. The molecule has 0 spiro atoms. The van der Waals surface area contributed by atoms with Crippen LogP contribution in [0.3, 0.4) is 0 Å². The molecule has 0 amide bonds. The first-order valence-electron chi connectivity index (χ1n) is 4.70. The molecule has 1 fully saturated rings. The molecule has 0 unspecified atom stereocenters. The lowest BCUT2D eigenvalue weighted by Crippen LogP contribution is -2.17. The Labute approximate surface area is 77.4 Å². The van der Waals surface area contributed by atoms with E-state index in [1.165, 1.54) is 5.57 Å². The number of halogens is 1. The van der Waals surface area contributed by atoms with E-state index in [-0.39, 0.29) is 12.6 Å². The fourth-order valence-corrected chi connectivity index (χ4v) is 1.70. The van der Waals surface area contributed by atoms with E-state index in [0.717, 1.165) is 12.8 Å². The van der Waals surface area contributed by atoms with E-state index in [1.807, 2.05) is 6.08 Å². The molecule has 1 N–H and O–H groups in total. The van der Waals surface area contributed by atoms with E-state index in [0.29, 0.717) is 19.3 Å². The van der Waals surface area contributed by atoms with Crippen molar-refractivity contribution in [2.24, 2.45) is 5.92 Å². The van der Waals surface area contributed by atoms with Gasteiger partial charge in [0, 0.05) is 0 Å². The molecule has 0 aliphatic heterocycles. The molecular formula is C10H15FO2. The van der Waals surface area contributed by atoms with Crippen LogP contribution in [-0.2, 0) is 4.79 Å². The molecule has 0 atom stereocenters. The number of carboxylic acids is 1. The summed E-state index contributed by atoms with van der Waals surface area (Å²) in [5.41, 5.74) is 1.23. The maximum Gasteiger partial charge on any atom is 0.306 e. The van der Waals surface area contributed by atoms with Crippen LogP contribution in [0.4, 0.5) is 4.39 Å². The summed E-state index contributed by atoms with van der Waals surface area (Å²) in [6.07, 6.45) is 5.49. The van der Waals surface area contributed by atoms with Crippen LogP contribution < -0.4 is 0 Å². The Morgan fingerprint density at radius 1 is 1.54 bits per heavy atom. The van der Waals surface area contributed by atoms with E-state index < -0.39 is 5.97 Å². The summed E-state index contributed by atoms with van der Waals surface area (Å²) in [6.45, 7) is -0.314. The molecule has 0 aromatic carbocycles. The maximum atomic E-state index is 11.8. The first-order valence-corrected chi connectivity index (χ1v) is 4.70. The summed E-state index contributed by atoms with van der Waals surface area (Å²) >= 11 is 0. The molecular weight excluding hydrogens is 171 g/mol. The fourth-order valence-electron chi connectivity index (χ4n) is 1.70. The Morgan fingerprint density at radius 3 is 2.62 bits per heavy atom. The van der Waals surface area contributed by atoms with Crippen LogP contribution in [0.25, 0.3) is 0 Å². The molecule has 0 aromatic heterocycles. The molecule has 1 saturated carbocycles. The minimum atomic E-state index is -0.690. The average molecular weight is 186 g/mol. The van der Waals surface area contributed by atoms with Gasteiger partial charge in [0.1, 0.15) is 0 Å². The third-order valence-electron chi connectivity index (χ3n) is 2.52. The van der Waals surface area contributed by atoms with Crippen molar-refractivity contribution in [2.75, 3.05) is 6.67 Å². The number of allylic oxidation sites excluding steroid dienone is 2. The second kappa shape index (κ2) is 5.00. The van der Waals surface area contributed by atoms with Gasteiger partial charge in [-0.1, -0.05) is 11.6 Å². The van der Waals surface area contributed by atoms with Gasteiger partial charge in [0.15, 0.2) is 0 Å². The number of carboxylic acid groups (broad SMARTS) is 1. The molecule has 0 bridgehead atoms. The van der Waals surface area contributed by atoms with Gasteiger partial charge in [-0.05, 0) is 32.1 Å². The predicted octanol–water partition coefficient (Wildman–Crippen LogP) is 2.55. The van der Waals surface area contributed by atoms with Gasteiger partial charge in [-0.2, -0.15) is 0 Å². The predicted molar refractivity (Wildman–Crippen MR) is 48.3 cm³/mol. The van der Waals surface area contributed by atoms with Gasteiger partial charge in [0.05, 0.1) is 12.6 Å². The lowest BCUT2D eigenvalue weighted by molar-refractivity contribution is -0.142. The van der Waals surface area contributed by atoms with Crippen molar-refractivity contribution in [3.05, 3.63) is 11.6 Å². The summed E-state index contributed by atoms with van der Waals surface area (Å²) in [5.74, 6) is -0.868. The van der Waals surface area contributed by atoms with Crippen LogP contribution >= 0.6 is 0 Å². The quantitative estimate of drug-likeness (QED) is 0.688. The van der Waals surface area contributed by atoms with Gasteiger partial charge < -0.3 is 5.11 Å². The number of rotatable bonds is 3. The summed E-state index contributed by atoms with van der Waals surface area (Å²) in [6, 6.07) is 0. The standard InChI is InChI=1S/C10H15FO2/c11-7-1-2-8-3-5-9(6-4-8)10(12)13/h2,9H,1,3-7H2,(H,12,13). The largest absolute Gasteiger partial charge is 0.481 e. The number of hydrogen-bond acceptors (Lipinski definition) is 1. The molecule has 0 heterocycles. The molecule has 3 heteroatoms. The average Bonchev–Trinajstić information content (AvgIpc) is 2.15. The zero-order valence-corrected chi connectivity index (χ0v) is 7.63. The maximum absolute atomic E-state index is 11.8. The van der Waals surface area contributed by atoms with Crippen molar-refractivity contribution in [1.82, 2.24) is 0 Å². The van der Waals surface area contributed by atoms with Gasteiger partial charge >= 0.3 is 5.97 Å². The lowest BCUT2D eigenvalue weighted by atomic mass is 9.85. The van der Waals surface area contributed by atoms with E-state index in [1.54, 1.807) is 0 Å². The van der Waals surface area contributed by atoms with Gasteiger partial charge in [0.25, 0.3) is 0 Å². The first-order chi connectivity index (χ1) is 6.24. The van der Waals surface area contributed by atoms with Crippen LogP contribution in [-0.4, -0.2) is 17.8 Å². The minimum Gasteiger partial charge on any atom is -0.481 e. The highest BCUT2D eigenvalue weighted by atomic mass is 19.1. The molecule has 13 heavy (non-hydrogen) atoms. The van der Waals surface area contributed by atoms with Gasteiger partial charge in [-0.15, -0.1) is 0 Å². The molecule has 0 saturated heterocycles. The zero-order valence-electron chi connectivity index (χ0n) is 7.63. The topological polar surface area (TPSA) is 37.3 Å². The van der Waals surface area contributed by atoms with Crippen molar-refractivity contribution >= 4 is 5.97 Å². The second-order valence-corrected chi connectivity index (χ2v) is 3.45. The van der Waals surface area contributed by atoms with Crippen LogP contribution in [0.5, 0.6) is 0 Å². The fraction of sp³-hybridized carbons (Fsp3) is 0.700. The highest BCUT2D eigenvalue weighted by Crippen LogP contribution is 2.28. The van der Waals surface area contributed by atoms with Crippen molar-refractivity contribution in [1.29, 1.82) is 0 Å². The summed E-state index contributed by atoms with van der Waals surface area (Å²) in [7, 11) is 0. The monoisotopic (exact) mass is 186 g/mol. The SMILES string of the molecule is O=C(O)C1CCC(=CCCF)CC1. The van der Waals surface area contributed by atoms with E-state index in [9.17, 15) is 9.18 Å². The second-order valence-electron chi connectivity index (χ2n) is 3.45. The van der Waals surface area contributed by atoms with Crippen molar-refractivity contribution in [2.45, 2.75) is 32.1 Å². The molecule has 0 radical (unpaired) electrons. The number of carbonyl (C=O) groups is 1. The summed E-state index contributed by atoms with van der Waals surface area (Å²) in [5, 5.41) is 8.72. The van der Waals surface area contributed by atoms with Gasteiger partial charge in [-0.25, -0.2) is 0 Å². The Bertz CT molecular complexity index is 201. The van der Waals surface area contributed by atoms with E-state index >= 15 is 0 Å². The van der Waals surface area contributed by atoms with Crippen LogP contribution in [0.2, 0.25) is 0 Å². The van der Waals surface area contributed by atoms with E-state index in [4.69, 9.17) is 5.11 Å². The first kappa shape index (κ1) is 10.2. The number of hydrogen-bond donors (Lipinski definition) is 1. The van der Waals surface area contributed by atoms with Crippen LogP contribution in [0.15, 0.2) is 11.6 Å². The van der Waals surface area contributed by atoms with Gasteiger partial charge in [0.2, 0.25) is 0 Å². The van der Waals surface area contributed by atoms with Crippen molar-refractivity contribution < 1.29 is 14.3 Å². The van der Waals surface area contributed by atoms with Crippen LogP contribution in [0.1, 0.15) is 32.1 Å². The smallest absolute Gasteiger partial charge is 0.306 e. The molecule has 0 aromatic rings. The molecule has 1 aliphatic rings. The highest BCUT2D eigenvalue weighted by molar-refractivity contribution is 5.70. The lowest BCUT2D eigenvalue weighted by Gasteiger charge is -2.20. The molecule has 1 aliphatic carbocycles. The third-order valence-corrected chi connectivity index (χ3v) is 2.52. The Hall–Kier alpha value is -0.860. The normalized spacial score (nSPS) is 22.8. The van der Waals surface area contributed by atoms with E-state index in [2.05, 4.69) is 0 Å². The molecule has 2 nitrogen and oxygen atoms in total. The Balaban J connectivity index is 2.34. The number of alkyl halides is 1. The third kappa shape index (κ3) is 3.17. The van der Waals surface area contributed by atoms with Gasteiger partial charge in [-0.3, -0.25) is 9.18 Å². The molecule has 1 rings (SSSR count). The Morgan fingerprint density at radius 2 is 2.15 bits per heavy atom. The summed E-state index contributed by atoms with van der Waals surface area (Å²) in [4.78, 5) is 10.6. The minimum absolute atomic E-state index is 0.178. The summed E-state index contributed by atoms with van der Waals surface area (Å²) < 4.78 is 11.8.